The molecule has 0 bridgehead atoms. The normalized spacial score (nSPS) is 12.0. The molecule has 23 heavy (non-hydrogen) atoms. The number of urea groups is 1. The summed E-state index contributed by atoms with van der Waals surface area (Å²) in [4.78, 5) is 23.0. The first-order valence-corrected chi connectivity index (χ1v) is 7.85. The van der Waals surface area contributed by atoms with Gasteiger partial charge in [0.1, 0.15) is 5.58 Å². The number of aliphatic hydroxyl groups is 1. The smallest absolute Gasteiger partial charge is 0.336 e. The molecule has 1 atom stereocenters. The van der Waals surface area contributed by atoms with Crippen LogP contribution in [-0.4, -0.2) is 17.7 Å². The third-order valence-electron chi connectivity index (χ3n) is 3.26. The van der Waals surface area contributed by atoms with Crippen LogP contribution in [0.25, 0.3) is 11.0 Å². The van der Waals surface area contributed by atoms with Crippen LogP contribution < -0.4 is 16.3 Å². The van der Waals surface area contributed by atoms with Gasteiger partial charge >= 0.3 is 11.7 Å². The number of carbonyl (C=O) groups is 1. The molecule has 0 aliphatic heterocycles. The second-order valence-electron chi connectivity index (χ2n) is 4.91. The molecule has 2 amide bonds. The van der Waals surface area contributed by atoms with E-state index in [-0.39, 0.29) is 6.54 Å². The van der Waals surface area contributed by atoms with Crippen LogP contribution in [0.3, 0.4) is 0 Å². The van der Waals surface area contributed by atoms with Gasteiger partial charge in [0.2, 0.25) is 0 Å². The molecule has 1 unspecified atom stereocenters. The predicted molar refractivity (Wildman–Crippen MR) is 88.8 cm³/mol. The van der Waals surface area contributed by atoms with Crippen LogP contribution in [0.15, 0.2) is 56.4 Å². The van der Waals surface area contributed by atoms with Crippen LogP contribution in [0.5, 0.6) is 0 Å². The average Bonchev–Trinajstić information content (AvgIpc) is 3.07. The first kappa shape index (κ1) is 15.3. The third kappa shape index (κ3) is 3.77. The number of thiophene rings is 1. The van der Waals surface area contributed by atoms with Crippen molar-refractivity contribution in [3.63, 3.8) is 0 Å². The lowest BCUT2D eigenvalue weighted by Gasteiger charge is -2.11. The van der Waals surface area contributed by atoms with Crippen molar-refractivity contribution >= 4 is 34.0 Å². The van der Waals surface area contributed by atoms with Crippen LogP contribution in [0.1, 0.15) is 11.7 Å². The van der Waals surface area contributed by atoms with E-state index < -0.39 is 17.8 Å². The Morgan fingerprint density at radius 3 is 2.91 bits per heavy atom. The Balaban J connectivity index is 1.61. The average molecular weight is 330 g/mol. The van der Waals surface area contributed by atoms with Gasteiger partial charge in [-0.2, -0.15) is 11.3 Å². The molecule has 0 saturated carbocycles. The van der Waals surface area contributed by atoms with Gasteiger partial charge in [0.25, 0.3) is 0 Å². The molecule has 3 aromatic rings. The highest BCUT2D eigenvalue weighted by atomic mass is 32.1. The van der Waals surface area contributed by atoms with Crippen LogP contribution in [0.2, 0.25) is 0 Å². The maximum atomic E-state index is 11.9. The molecule has 0 radical (unpaired) electrons. The molecule has 118 valence electrons. The maximum absolute atomic E-state index is 11.9. The van der Waals surface area contributed by atoms with Crippen molar-refractivity contribution in [3.05, 3.63) is 63.1 Å². The number of carbonyl (C=O) groups excluding carboxylic acids is 1. The van der Waals surface area contributed by atoms with Crippen molar-refractivity contribution in [1.82, 2.24) is 5.32 Å². The van der Waals surface area contributed by atoms with Crippen LogP contribution in [-0.2, 0) is 0 Å². The van der Waals surface area contributed by atoms with Gasteiger partial charge in [-0.1, -0.05) is 0 Å². The van der Waals surface area contributed by atoms with Crippen molar-refractivity contribution in [1.29, 1.82) is 0 Å². The van der Waals surface area contributed by atoms with Gasteiger partial charge in [0.05, 0.1) is 6.10 Å². The second-order valence-corrected chi connectivity index (χ2v) is 5.69. The molecule has 0 spiro atoms. The Kier molecular flexibility index (Phi) is 4.40. The van der Waals surface area contributed by atoms with E-state index in [1.165, 1.54) is 17.4 Å². The molecule has 0 aliphatic rings. The number of anilines is 1. The fourth-order valence-electron chi connectivity index (χ4n) is 2.10. The van der Waals surface area contributed by atoms with E-state index in [4.69, 9.17) is 4.42 Å². The molecule has 2 aromatic heterocycles. The third-order valence-corrected chi connectivity index (χ3v) is 3.96. The minimum Gasteiger partial charge on any atom is -0.423 e. The Bertz CT molecular complexity index is 873. The van der Waals surface area contributed by atoms with E-state index in [0.717, 1.165) is 5.56 Å². The van der Waals surface area contributed by atoms with E-state index in [9.17, 15) is 14.7 Å². The molecule has 1 aromatic carbocycles. The Morgan fingerprint density at radius 2 is 2.13 bits per heavy atom. The van der Waals surface area contributed by atoms with Crippen LogP contribution in [0, 0.1) is 0 Å². The van der Waals surface area contributed by atoms with Gasteiger partial charge < -0.3 is 20.2 Å². The maximum Gasteiger partial charge on any atom is 0.336 e. The van der Waals surface area contributed by atoms with Gasteiger partial charge in [-0.15, -0.1) is 0 Å². The van der Waals surface area contributed by atoms with Crippen molar-refractivity contribution in [2.45, 2.75) is 6.10 Å². The molecule has 3 rings (SSSR count). The standard InChI is InChI=1S/C16H14N2O4S/c19-13(11-5-6-23-9-11)8-17-16(21)18-12-2-3-14-10(7-12)1-4-15(20)22-14/h1-7,9,13,19H,8H2,(H2,17,18,21). The topological polar surface area (TPSA) is 91.6 Å². The summed E-state index contributed by atoms with van der Waals surface area (Å²) < 4.78 is 5.03. The molecule has 3 N–H and O–H groups in total. The summed E-state index contributed by atoms with van der Waals surface area (Å²) in [5.41, 5.74) is 1.37. The second kappa shape index (κ2) is 6.64. The molecule has 0 fully saturated rings. The van der Waals surface area contributed by atoms with E-state index in [0.29, 0.717) is 16.7 Å². The predicted octanol–water partition coefficient (Wildman–Crippen LogP) is 2.71. The molecule has 2 heterocycles. The summed E-state index contributed by atoms with van der Waals surface area (Å²) in [5.74, 6) is 0. The lowest BCUT2D eigenvalue weighted by Crippen LogP contribution is -2.32. The molecule has 0 aliphatic carbocycles. The van der Waals surface area contributed by atoms with E-state index in [1.807, 2.05) is 16.8 Å². The quantitative estimate of drug-likeness (QED) is 0.641. The van der Waals surface area contributed by atoms with Crippen molar-refractivity contribution in [2.24, 2.45) is 0 Å². The Hall–Kier alpha value is -2.64. The van der Waals surface area contributed by atoms with E-state index in [1.54, 1.807) is 24.3 Å². The van der Waals surface area contributed by atoms with Crippen molar-refractivity contribution in [3.8, 4) is 0 Å². The zero-order valence-corrected chi connectivity index (χ0v) is 12.8. The first-order chi connectivity index (χ1) is 11.1. The molecule has 6 nitrogen and oxygen atoms in total. The Labute approximate surface area is 135 Å². The molecule has 0 saturated heterocycles. The largest absolute Gasteiger partial charge is 0.423 e. The number of hydrogen-bond donors (Lipinski definition) is 3. The molecular weight excluding hydrogens is 316 g/mol. The van der Waals surface area contributed by atoms with Gasteiger partial charge in [-0.25, -0.2) is 9.59 Å². The summed E-state index contributed by atoms with van der Waals surface area (Å²) in [6.45, 7) is 0.116. The minimum atomic E-state index is -0.738. The number of aliphatic hydroxyl groups excluding tert-OH is 1. The van der Waals surface area contributed by atoms with Gasteiger partial charge in [0, 0.05) is 23.7 Å². The number of hydrogen-bond acceptors (Lipinski definition) is 5. The summed E-state index contributed by atoms with van der Waals surface area (Å²) in [5, 5.41) is 19.6. The summed E-state index contributed by atoms with van der Waals surface area (Å²) >= 11 is 1.49. The van der Waals surface area contributed by atoms with E-state index >= 15 is 0 Å². The summed E-state index contributed by atoms with van der Waals surface area (Å²) in [6, 6.07) is 9.30. The monoisotopic (exact) mass is 330 g/mol. The number of benzene rings is 1. The van der Waals surface area contributed by atoms with Crippen LogP contribution >= 0.6 is 11.3 Å². The molecule has 7 heteroatoms. The van der Waals surface area contributed by atoms with Gasteiger partial charge in [0.15, 0.2) is 0 Å². The van der Waals surface area contributed by atoms with E-state index in [2.05, 4.69) is 10.6 Å². The lowest BCUT2D eigenvalue weighted by molar-refractivity contribution is 0.175. The summed E-state index contributed by atoms with van der Waals surface area (Å²) in [6.07, 6.45) is -0.738. The Morgan fingerprint density at radius 1 is 1.26 bits per heavy atom. The van der Waals surface area contributed by atoms with Crippen LogP contribution in [0.4, 0.5) is 10.5 Å². The van der Waals surface area contributed by atoms with Crippen molar-refractivity contribution < 1.29 is 14.3 Å². The zero-order chi connectivity index (χ0) is 16.2. The highest BCUT2D eigenvalue weighted by Gasteiger charge is 2.10. The lowest BCUT2D eigenvalue weighted by atomic mass is 10.2. The van der Waals surface area contributed by atoms with Gasteiger partial charge in [-0.3, -0.25) is 0 Å². The number of amides is 2. The fourth-order valence-corrected chi connectivity index (χ4v) is 2.80. The minimum absolute atomic E-state index is 0.116. The first-order valence-electron chi connectivity index (χ1n) is 6.91. The summed E-state index contributed by atoms with van der Waals surface area (Å²) in [7, 11) is 0. The van der Waals surface area contributed by atoms with Gasteiger partial charge in [-0.05, 0) is 46.7 Å². The SMILES string of the molecule is O=C(NCC(O)c1ccsc1)Nc1ccc2oc(=O)ccc2c1. The fraction of sp³-hybridized carbons (Fsp3) is 0.125. The molecular formula is C16H14N2O4S. The zero-order valence-electron chi connectivity index (χ0n) is 12.0. The highest BCUT2D eigenvalue weighted by Crippen LogP contribution is 2.18. The number of fused-ring (bicyclic) bond motifs is 1. The number of nitrogens with one attached hydrogen (secondary N) is 2. The number of rotatable bonds is 4. The van der Waals surface area contributed by atoms with Crippen molar-refractivity contribution in [2.75, 3.05) is 11.9 Å². The highest BCUT2D eigenvalue weighted by molar-refractivity contribution is 7.07.